The summed E-state index contributed by atoms with van der Waals surface area (Å²) >= 11 is 3.39. The second-order valence-electron chi connectivity index (χ2n) is 7.74. The van der Waals surface area contributed by atoms with Crippen LogP contribution in [0.15, 0.2) is 58.1 Å². The van der Waals surface area contributed by atoms with E-state index in [0.29, 0.717) is 19.3 Å². The van der Waals surface area contributed by atoms with Crippen molar-refractivity contribution >= 4 is 27.4 Å². The summed E-state index contributed by atoms with van der Waals surface area (Å²) in [6, 6.07) is 10.8. The number of carbonyl (C=O) groups excluding carboxylic acids is 1. The summed E-state index contributed by atoms with van der Waals surface area (Å²) in [6.07, 6.45) is 7.55. The van der Waals surface area contributed by atoms with Crippen LogP contribution in [0.1, 0.15) is 47.3 Å². The van der Waals surface area contributed by atoms with Gasteiger partial charge in [0.05, 0.1) is 17.7 Å². The Morgan fingerprint density at radius 2 is 2.03 bits per heavy atom. The van der Waals surface area contributed by atoms with Gasteiger partial charge in [0, 0.05) is 22.6 Å². The van der Waals surface area contributed by atoms with E-state index in [1.807, 2.05) is 24.3 Å². The van der Waals surface area contributed by atoms with Gasteiger partial charge < -0.3 is 10.4 Å². The van der Waals surface area contributed by atoms with E-state index in [9.17, 15) is 14.7 Å². The molecule has 1 aliphatic carbocycles. The van der Waals surface area contributed by atoms with Crippen molar-refractivity contribution in [3.05, 3.63) is 80.4 Å². The lowest BCUT2D eigenvalue weighted by molar-refractivity contribution is 0.0716. The second-order valence-corrected chi connectivity index (χ2v) is 8.66. The van der Waals surface area contributed by atoms with Crippen molar-refractivity contribution in [2.75, 3.05) is 0 Å². The van der Waals surface area contributed by atoms with Crippen LogP contribution >= 0.6 is 15.9 Å². The highest BCUT2D eigenvalue weighted by Crippen LogP contribution is 2.19. The molecule has 0 aliphatic heterocycles. The average molecular weight is 470 g/mol. The highest BCUT2D eigenvalue weighted by molar-refractivity contribution is 9.10. The van der Waals surface area contributed by atoms with Gasteiger partial charge in [-0.05, 0) is 77.5 Å². The number of halogens is 1. The Hall–Kier alpha value is -2.51. The Morgan fingerprint density at radius 3 is 2.80 bits per heavy atom. The van der Waals surface area contributed by atoms with Gasteiger partial charge in [-0.3, -0.25) is 19.0 Å². The molecular weight excluding hydrogens is 446 g/mol. The largest absolute Gasteiger partial charge is 0.391 e. The number of aryl methyl sites for hydroxylation is 2. The number of aliphatic hydroxyl groups is 1. The summed E-state index contributed by atoms with van der Waals surface area (Å²) < 4.78 is 2.45. The summed E-state index contributed by atoms with van der Waals surface area (Å²) in [6.45, 7) is 0. The maximum absolute atomic E-state index is 13.0. The molecule has 0 spiro atoms. The predicted molar refractivity (Wildman–Crippen MR) is 119 cm³/mol. The molecule has 1 saturated carbocycles. The van der Waals surface area contributed by atoms with E-state index in [4.69, 9.17) is 0 Å². The van der Waals surface area contributed by atoms with Crippen LogP contribution in [0.5, 0.6) is 0 Å². The minimum Gasteiger partial charge on any atom is -0.391 e. The summed E-state index contributed by atoms with van der Waals surface area (Å²) in [5.74, 6) is -0.424. The van der Waals surface area contributed by atoms with Crippen molar-refractivity contribution in [2.45, 2.75) is 50.7 Å². The van der Waals surface area contributed by atoms with Gasteiger partial charge in [0.25, 0.3) is 11.5 Å². The molecule has 1 amide bonds. The number of hydrogen-bond acceptors (Lipinski definition) is 4. The minimum atomic E-state index is -0.561. The van der Waals surface area contributed by atoms with Crippen LogP contribution in [0.2, 0.25) is 0 Å². The van der Waals surface area contributed by atoms with Crippen molar-refractivity contribution in [2.24, 2.45) is 0 Å². The van der Waals surface area contributed by atoms with Crippen LogP contribution in [0.3, 0.4) is 0 Å². The maximum Gasteiger partial charge on any atom is 0.267 e. The van der Waals surface area contributed by atoms with Crippen molar-refractivity contribution in [1.29, 1.82) is 0 Å². The predicted octanol–water partition coefficient (Wildman–Crippen LogP) is 3.28. The quantitative estimate of drug-likeness (QED) is 0.600. The molecule has 2 N–H and O–H groups in total. The fraction of sp³-hybridized carbons (Fsp3) is 0.348. The Balaban J connectivity index is 1.64. The van der Waals surface area contributed by atoms with Crippen molar-refractivity contribution in [3.8, 4) is 0 Å². The third kappa shape index (κ3) is 4.47. The number of aliphatic hydroxyl groups excluding tert-OH is 1. The van der Waals surface area contributed by atoms with E-state index < -0.39 is 12.0 Å². The van der Waals surface area contributed by atoms with Crippen LogP contribution in [-0.4, -0.2) is 32.5 Å². The third-order valence-corrected chi connectivity index (χ3v) is 6.16. The maximum atomic E-state index is 13.0. The first-order valence-electron chi connectivity index (χ1n) is 10.3. The van der Waals surface area contributed by atoms with Crippen LogP contribution < -0.4 is 10.9 Å². The Morgan fingerprint density at radius 1 is 1.20 bits per heavy atom. The number of hydrogen-bond donors (Lipinski definition) is 2. The molecule has 1 aliphatic rings. The number of rotatable bonds is 5. The molecule has 0 bridgehead atoms. The molecule has 2 unspecified atom stereocenters. The minimum absolute atomic E-state index is 0.107. The normalized spacial score (nSPS) is 19.0. The van der Waals surface area contributed by atoms with Gasteiger partial charge in [-0.1, -0.05) is 18.9 Å². The first-order chi connectivity index (χ1) is 14.5. The van der Waals surface area contributed by atoms with Gasteiger partial charge in [0.1, 0.15) is 5.56 Å². The van der Waals surface area contributed by atoms with Crippen LogP contribution in [-0.2, 0) is 12.8 Å². The van der Waals surface area contributed by atoms with Gasteiger partial charge in [-0.15, -0.1) is 0 Å². The fourth-order valence-electron chi connectivity index (χ4n) is 4.03. The van der Waals surface area contributed by atoms with E-state index in [-0.39, 0.29) is 17.2 Å². The first-order valence-corrected chi connectivity index (χ1v) is 11.0. The third-order valence-electron chi connectivity index (χ3n) is 5.69. The Bertz CT molecular complexity index is 1110. The van der Waals surface area contributed by atoms with Gasteiger partial charge in [-0.25, -0.2) is 0 Å². The number of amides is 1. The van der Waals surface area contributed by atoms with Crippen LogP contribution in [0.25, 0.3) is 5.52 Å². The topological polar surface area (TPSA) is 83.7 Å². The molecule has 0 aromatic carbocycles. The summed E-state index contributed by atoms with van der Waals surface area (Å²) in [5.41, 5.74) is 2.40. The van der Waals surface area contributed by atoms with E-state index in [1.54, 1.807) is 24.5 Å². The summed E-state index contributed by atoms with van der Waals surface area (Å²) in [4.78, 5) is 30.3. The van der Waals surface area contributed by atoms with Crippen LogP contribution in [0.4, 0.5) is 0 Å². The fourth-order valence-corrected chi connectivity index (χ4v) is 4.26. The Kier molecular flexibility index (Phi) is 6.29. The molecule has 156 valence electrons. The number of aromatic nitrogens is 2. The first kappa shape index (κ1) is 20.8. The number of nitrogens with zero attached hydrogens (tertiary/aromatic N) is 2. The number of nitrogens with one attached hydrogen (secondary N) is 1. The highest BCUT2D eigenvalue weighted by atomic mass is 79.9. The molecule has 2 atom stereocenters. The van der Waals surface area contributed by atoms with E-state index >= 15 is 0 Å². The van der Waals surface area contributed by atoms with Gasteiger partial charge in [-0.2, -0.15) is 0 Å². The van der Waals surface area contributed by atoms with Gasteiger partial charge in [0.15, 0.2) is 0 Å². The van der Waals surface area contributed by atoms with Crippen molar-refractivity contribution in [3.63, 3.8) is 0 Å². The lowest BCUT2D eigenvalue weighted by atomic mass is 9.92. The lowest BCUT2D eigenvalue weighted by Gasteiger charge is -2.28. The number of fused-ring (bicyclic) bond motifs is 1. The molecule has 1 fully saturated rings. The van der Waals surface area contributed by atoms with Gasteiger partial charge in [0.2, 0.25) is 0 Å². The summed E-state index contributed by atoms with van der Waals surface area (Å²) in [7, 11) is 0. The van der Waals surface area contributed by atoms with Gasteiger partial charge >= 0.3 is 0 Å². The zero-order chi connectivity index (χ0) is 21.1. The second kappa shape index (κ2) is 9.10. The SMILES string of the molecule is O=C(NC1CCCCC1O)c1cc(CCc2ccc(Br)cn2)c2ccccn2c1=O. The van der Waals surface area contributed by atoms with E-state index in [0.717, 1.165) is 40.5 Å². The standard InChI is InChI=1S/C23H24BrN3O3/c24-16-9-11-17(25-14-16)10-8-15-13-18(23(30)27-12-4-3-6-20(15)27)22(29)26-19-5-1-2-7-21(19)28/h3-4,6,9,11-14,19,21,28H,1-2,5,7-8,10H2,(H,26,29). The molecule has 3 aromatic rings. The molecule has 4 rings (SSSR count). The van der Waals surface area contributed by atoms with E-state index in [1.165, 1.54) is 4.40 Å². The zero-order valence-corrected chi connectivity index (χ0v) is 18.1. The molecule has 3 heterocycles. The number of carbonyl (C=O) groups is 1. The molecule has 0 saturated heterocycles. The molecule has 6 nitrogen and oxygen atoms in total. The zero-order valence-electron chi connectivity index (χ0n) is 16.6. The van der Waals surface area contributed by atoms with E-state index in [2.05, 4.69) is 26.2 Å². The van der Waals surface area contributed by atoms with Crippen molar-refractivity contribution < 1.29 is 9.90 Å². The molecule has 0 radical (unpaired) electrons. The summed E-state index contributed by atoms with van der Waals surface area (Å²) in [5, 5.41) is 13.1. The average Bonchev–Trinajstić information content (AvgIpc) is 2.76. The highest BCUT2D eigenvalue weighted by Gasteiger charge is 2.26. The molecule has 3 aromatic heterocycles. The van der Waals surface area contributed by atoms with Crippen molar-refractivity contribution in [1.82, 2.24) is 14.7 Å². The number of pyridine rings is 3. The van der Waals surface area contributed by atoms with Crippen LogP contribution in [0, 0.1) is 0 Å². The Labute approximate surface area is 183 Å². The molecule has 7 heteroatoms. The lowest BCUT2D eigenvalue weighted by Crippen LogP contribution is -2.46. The monoisotopic (exact) mass is 469 g/mol. The smallest absolute Gasteiger partial charge is 0.267 e. The molecule has 30 heavy (non-hydrogen) atoms. The molecular formula is C23H24BrN3O3.